The van der Waals surface area contributed by atoms with E-state index in [0.29, 0.717) is 12.3 Å². The van der Waals surface area contributed by atoms with E-state index < -0.39 is 0 Å². The third kappa shape index (κ3) is 4.60. The summed E-state index contributed by atoms with van der Waals surface area (Å²) in [6.45, 7) is 4.44. The molecule has 3 rings (SSSR count). The number of nitrogens with one attached hydrogen (secondary N) is 1. The molecule has 0 amide bonds. The lowest BCUT2D eigenvalue weighted by Crippen LogP contribution is -2.08. The smallest absolute Gasteiger partial charge is 0.146 e. The van der Waals surface area contributed by atoms with E-state index in [9.17, 15) is 4.39 Å². The van der Waals surface area contributed by atoms with Gasteiger partial charge in [0.15, 0.2) is 0 Å². The van der Waals surface area contributed by atoms with Crippen LogP contribution in [0.2, 0.25) is 0 Å². The van der Waals surface area contributed by atoms with Crippen molar-refractivity contribution in [3.8, 4) is 5.75 Å². The fraction of sp³-hybridized carbons (Fsp3) is 0.182. The number of hydrogen-bond donors (Lipinski definition) is 1. The van der Waals surface area contributed by atoms with Gasteiger partial charge in [0.2, 0.25) is 0 Å². The molecule has 3 aromatic carbocycles. The zero-order valence-corrected chi connectivity index (χ0v) is 14.5. The second kappa shape index (κ2) is 7.84. The van der Waals surface area contributed by atoms with Crippen LogP contribution < -0.4 is 10.1 Å². The molecule has 0 fully saturated rings. The number of halogens is 1. The number of ether oxygens (including phenoxy) is 1. The molecule has 3 heteroatoms. The standard InChI is InChI=1S/C22H22FNO/c1-16-8-13-22(21(23)14-16)24-17(2)19-9-11-20(12-10-19)25-15-18-6-4-3-5-7-18/h3-14,17,24H,15H2,1-2H3. The summed E-state index contributed by atoms with van der Waals surface area (Å²) < 4.78 is 19.8. The third-order valence-electron chi connectivity index (χ3n) is 4.13. The van der Waals surface area contributed by atoms with Gasteiger partial charge in [0.1, 0.15) is 18.2 Å². The molecule has 0 aliphatic heterocycles. The van der Waals surface area contributed by atoms with E-state index in [2.05, 4.69) is 5.32 Å². The Kier molecular flexibility index (Phi) is 5.34. The topological polar surface area (TPSA) is 21.3 Å². The number of anilines is 1. The summed E-state index contributed by atoms with van der Waals surface area (Å²) in [4.78, 5) is 0. The first kappa shape index (κ1) is 17.0. The third-order valence-corrected chi connectivity index (χ3v) is 4.13. The van der Waals surface area contributed by atoms with E-state index in [0.717, 1.165) is 22.4 Å². The van der Waals surface area contributed by atoms with Crippen LogP contribution in [0.3, 0.4) is 0 Å². The maximum Gasteiger partial charge on any atom is 0.146 e. The first-order valence-corrected chi connectivity index (χ1v) is 8.41. The molecule has 0 aromatic heterocycles. The second-order valence-electron chi connectivity index (χ2n) is 6.19. The second-order valence-corrected chi connectivity index (χ2v) is 6.19. The maximum atomic E-state index is 14.0. The van der Waals surface area contributed by atoms with Gasteiger partial charge in [-0.3, -0.25) is 0 Å². The molecule has 25 heavy (non-hydrogen) atoms. The molecule has 0 heterocycles. The van der Waals surface area contributed by atoms with Crippen molar-refractivity contribution >= 4 is 5.69 Å². The van der Waals surface area contributed by atoms with Gasteiger partial charge in [0.25, 0.3) is 0 Å². The van der Waals surface area contributed by atoms with Crippen LogP contribution in [-0.2, 0) is 6.61 Å². The molecule has 0 saturated carbocycles. The Morgan fingerprint density at radius 3 is 2.36 bits per heavy atom. The normalized spacial score (nSPS) is 11.8. The summed E-state index contributed by atoms with van der Waals surface area (Å²) in [5, 5.41) is 3.22. The Labute approximate surface area is 148 Å². The molecule has 3 aromatic rings. The highest BCUT2D eigenvalue weighted by Crippen LogP contribution is 2.24. The van der Waals surface area contributed by atoms with Crippen molar-refractivity contribution in [1.82, 2.24) is 0 Å². The predicted octanol–water partition coefficient (Wildman–Crippen LogP) is 5.89. The Bertz CT molecular complexity index is 815. The minimum absolute atomic E-state index is 0.000351. The largest absolute Gasteiger partial charge is 0.489 e. The Hall–Kier alpha value is -2.81. The van der Waals surface area contributed by atoms with E-state index in [1.54, 1.807) is 6.07 Å². The van der Waals surface area contributed by atoms with E-state index in [-0.39, 0.29) is 11.9 Å². The van der Waals surface area contributed by atoms with Crippen LogP contribution in [0.1, 0.15) is 29.7 Å². The van der Waals surface area contributed by atoms with Gasteiger partial charge in [-0.05, 0) is 54.8 Å². The van der Waals surface area contributed by atoms with Crippen LogP contribution in [0.4, 0.5) is 10.1 Å². The molecular formula is C22H22FNO. The summed E-state index contributed by atoms with van der Waals surface area (Å²) in [6, 6.07) is 23.2. The van der Waals surface area contributed by atoms with Crippen molar-refractivity contribution in [2.24, 2.45) is 0 Å². The number of hydrogen-bond acceptors (Lipinski definition) is 2. The van der Waals surface area contributed by atoms with Crippen molar-refractivity contribution in [3.05, 3.63) is 95.3 Å². The van der Waals surface area contributed by atoms with Crippen molar-refractivity contribution in [1.29, 1.82) is 0 Å². The van der Waals surface area contributed by atoms with Gasteiger partial charge in [-0.25, -0.2) is 4.39 Å². The fourth-order valence-corrected chi connectivity index (χ4v) is 2.65. The molecule has 1 N–H and O–H groups in total. The highest BCUT2D eigenvalue weighted by molar-refractivity contribution is 5.48. The monoisotopic (exact) mass is 335 g/mol. The highest BCUT2D eigenvalue weighted by atomic mass is 19.1. The predicted molar refractivity (Wildman–Crippen MR) is 100 cm³/mol. The van der Waals surface area contributed by atoms with E-state index in [1.807, 2.05) is 74.5 Å². The molecule has 0 spiro atoms. The van der Waals surface area contributed by atoms with Gasteiger partial charge in [-0.1, -0.05) is 48.5 Å². The summed E-state index contributed by atoms with van der Waals surface area (Å²) >= 11 is 0. The molecule has 0 aliphatic rings. The molecule has 0 saturated heterocycles. The molecule has 1 atom stereocenters. The molecule has 0 bridgehead atoms. The van der Waals surface area contributed by atoms with Gasteiger partial charge < -0.3 is 10.1 Å². The van der Waals surface area contributed by atoms with Gasteiger partial charge in [0, 0.05) is 6.04 Å². The molecule has 128 valence electrons. The lowest BCUT2D eigenvalue weighted by Gasteiger charge is -2.17. The van der Waals surface area contributed by atoms with E-state index >= 15 is 0 Å². The number of aryl methyl sites for hydroxylation is 1. The fourth-order valence-electron chi connectivity index (χ4n) is 2.65. The number of rotatable bonds is 6. The molecule has 2 nitrogen and oxygen atoms in total. The minimum Gasteiger partial charge on any atom is -0.489 e. The lowest BCUT2D eigenvalue weighted by molar-refractivity contribution is 0.306. The van der Waals surface area contributed by atoms with Gasteiger partial charge in [0.05, 0.1) is 5.69 Å². The zero-order chi connectivity index (χ0) is 17.6. The summed E-state index contributed by atoms with van der Waals surface area (Å²) in [6.07, 6.45) is 0. The summed E-state index contributed by atoms with van der Waals surface area (Å²) in [5.41, 5.74) is 3.64. The van der Waals surface area contributed by atoms with Crippen LogP contribution >= 0.6 is 0 Å². The SMILES string of the molecule is Cc1ccc(NC(C)c2ccc(OCc3ccccc3)cc2)c(F)c1. The van der Waals surface area contributed by atoms with Gasteiger partial charge in [-0.2, -0.15) is 0 Å². The molecule has 0 aliphatic carbocycles. The average Bonchev–Trinajstić information content (AvgIpc) is 2.63. The van der Waals surface area contributed by atoms with Crippen molar-refractivity contribution < 1.29 is 9.13 Å². The Morgan fingerprint density at radius 2 is 1.68 bits per heavy atom. The summed E-state index contributed by atoms with van der Waals surface area (Å²) in [5.74, 6) is 0.594. The van der Waals surface area contributed by atoms with Crippen LogP contribution in [0.15, 0.2) is 72.8 Å². The van der Waals surface area contributed by atoms with Crippen molar-refractivity contribution in [2.75, 3.05) is 5.32 Å². The van der Waals surface area contributed by atoms with Gasteiger partial charge >= 0.3 is 0 Å². The van der Waals surface area contributed by atoms with E-state index in [4.69, 9.17) is 4.74 Å². The number of benzene rings is 3. The van der Waals surface area contributed by atoms with Crippen LogP contribution in [0, 0.1) is 12.7 Å². The quantitative estimate of drug-likeness (QED) is 0.607. The molecule has 1 unspecified atom stereocenters. The van der Waals surface area contributed by atoms with Crippen LogP contribution in [0.5, 0.6) is 5.75 Å². The Balaban J connectivity index is 1.61. The van der Waals surface area contributed by atoms with Crippen molar-refractivity contribution in [2.45, 2.75) is 26.5 Å². The zero-order valence-electron chi connectivity index (χ0n) is 14.5. The van der Waals surface area contributed by atoms with Crippen molar-refractivity contribution in [3.63, 3.8) is 0 Å². The maximum absolute atomic E-state index is 14.0. The Morgan fingerprint density at radius 1 is 0.960 bits per heavy atom. The lowest BCUT2D eigenvalue weighted by atomic mass is 10.1. The molecular weight excluding hydrogens is 313 g/mol. The summed E-state index contributed by atoms with van der Waals surface area (Å²) in [7, 11) is 0. The first-order chi connectivity index (χ1) is 12.1. The first-order valence-electron chi connectivity index (χ1n) is 8.41. The van der Waals surface area contributed by atoms with Crippen LogP contribution in [0.25, 0.3) is 0 Å². The minimum atomic E-state index is -0.227. The highest BCUT2D eigenvalue weighted by Gasteiger charge is 2.09. The molecule has 0 radical (unpaired) electrons. The van der Waals surface area contributed by atoms with Gasteiger partial charge in [-0.15, -0.1) is 0 Å². The van der Waals surface area contributed by atoms with E-state index in [1.165, 1.54) is 6.07 Å². The average molecular weight is 335 g/mol. The van der Waals surface area contributed by atoms with Crippen LogP contribution in [-0.4, -0.2) is 0 Å².